The molecule has 0 bridgehead atoms. The highest BCUT2D eigenvalue weighted by Crippen LogP contribution is 1.97. The van der Waals surface area contributed by atoms with Crippen LogP contribution in [0.2, 0.25) is 0 Å². The smallest absolute Gasteiger partial charge is 0.102 e. The Bertz CT molecular complexity index is 176. The molecule has 5 nitrogen and oxygen atoms in total. The van der Waals surface area contributed by atoms with E-state index >= 15 is 0 Å². The second-order valence-corrected chi connectivity index (χ2v) is 4.80. The minimum absolute atomic E-state index is 0.661. The summed E-state index contributed by atoms with van der Waals surface area (Å²) in [4.78, 5) is 0. The molecule has 0 saturated carbocycles. The van der Waals surface area contributed by atoms with Crippen LogP contribution in [-0.2, 0) is 18.9 Å². The molecule has 0 saturated heterocycles. The number of quaternary nitrogens is 1. The minimum Gasteiger partial charge on any atom is -0.382 e. The first-order valence-electron chi connectivity index (χ1n) is 6.66. The zero-order valence-electron chi connectivity index (χ0n) is 12.4. The highest BCUT2D eigenvalue weighted by atomic mass is 16.5. The Morgan fingerprint density at radius 1 is 0.722 bits per heavy atom. The fraction of sp³-hybridized carbons (Fsp3) is 1.00. The van der Waals surface area contributed by atoms with Crippen LogP contribution in [-0.4, -0.2) is 85.0 Å². The van der Waals surface area contributed by atoms with Gasteiger partial charge >= 0.3 is 0 Å². The Balaban J connectivity index is 3.37. The van der Waals surface area contributed by atoms with E-state index in [-0.39, 0.29) is 0 Å². The SMILES string of the molecule is CCOCCOCC[N+](C)(C)CCOCCOC. The monoisotopic (exact) mass is 264 g/mol. The molecule has 0 atom stereocenters. The number of nitrogens with zero attached hydrogens (tertiary/aromatic N) is 1. The van der Waals surface area contributed by atoms with Gasteiger partial charge in [-0.05, 0) is 6.92 Å². The molecule has 0 aromatic carbocycles. The lowest BCUT2D eigenvalue weighted by Gasteiger charge is -2.29. The predicted molar refractivity (Wildman–Crippen MR) is 71.8 cm³/mol. The van der Waals surface area contributed by atoms with E-state index in [2.05, 4.69) is 14.1 Å². The summed E-state index contributed by atoms with van der Waals surface area (Å²) in [5, 5.41) is 0. The van der Waals surface area contributed by atoms with Gasteiger partial charge in [0.2, 0.25) is 0 Å². The van der Waals surface area contributed by atoms with E-state index in [1.54, 1.807) is 7.11 Å². The van der Waals surface area contributed by atoms with Crippen LogP contribution in [0.5, 0.6) is 0 Å². The number of hydrogen-bond acceptors (Lipinski definition) is 4. The summed E-state index contributed by atoms with van der Waals surface area (Å²) in [6.45, 7) is 8.93. The van der Waals surface area contributed by atoms with Crippen LogP contribution in [0.25, 0.3) is 0 Å². The largest absolute Gasteiger partial charge is 0.382 e. The molecule has 0 rings (SSSR count). The van der Waals surface area contributed by atoms with Crippen molar-refractivity contribution in [3.63, 3.8) is 0 Å². The minimum atomic E-state index is 0.661. The van der Waals surface area contributed by atoms with Crippen LogP contribution >= 0.6 is 0 Å². The van der Waals surface area contributed by atoms with Crippen molar-refractivity contribution in [2.24, 2.45) is 0 Å². The molecule has 5 heteroatoms. The Morgan fingerprint density at radius 3 is 1.72 bits per heavy atom. The van der Waals surface area contributed by atoms with Crippen molar-refractivity contribution in [2.75, 3.05) is 80.5 Å². The summed E-state index contributed by atoms with van der Waals surface area (Å²) in [6, 6.07) is 0. The van der Waals surface area contributed by atoms with Crippen molar-refractivity contribution in [3.05, 3.63) is 0 Å². The molecule has 0 N–H and O–H groups in total. The molecule has 0 spiro atoms. The van der Waals surface area contributed by atoms with Gasteiger partial charge in [0.05, 0.1) is 53.7 Å². The summed E-state index contributed by atoms with van der Waals surface area (Å²) in [5.74, 6) is 0. The average Bonchev–Trinajstić information content (AvgIpc) is 2.33. The second kappa shape index (κ2) is 11.9. The van der Waals surface area contributed by atoms with Crippen molar-refractivity contribution in [1.29, 1.82) is 0 Å². The van der Waals surface area contributed by atoms with Gasteiger partial charge < -0.3 is 23.4 Å². The van der Waals surface area contributed by atoms with Gasteiger partial charge in [0.1, 0.15) is 13.1 Å². The zero-order valence-corrected chi connectivity index (χ0v) is 12.4. The molecular weight excluding hydrogens is 234 g/mol. The lowest BCUT2D eigenvalue weighted by atomic mass is 10.4. The molecule has 0 aliphatic rings. The molecule has 18 heavy (non-hydrogen) atoms. The first-order valence-corrected chi connectivity index (χ1v) is 6.66. The van der Waals surface area contributed by atoms with Crippen molar-refractivity contribution in [2.45, 2.75) is 6.92 Å². The van der Waals surface area contributed by atoms with E-state index in [1.807, 2.05) is 6.92 Å². The third kappa shape index (κ3) is 12.3. The first kappa shape index (κ1) is 17.8. The fourth-order valence-corrected chi connectivity index (χ4v) is 1.34. The highest BCUT2D eigenvalue weighted by Gasteiger charge is 2.14. The van der Waals surface area contributed by atoms with Crippen molar-refractivity contribution in [1.82, 2.24) is 0 Å². The van der Waals surface area contributed by atoms with Gasteiger partial charge in [0.25, 0.3) is 0 Å². The zero-order chi connectivity index (χ0) is 13.7. The molecular formula is C13H30NO4+. The maximum absolute atomic E-state index is 5.52. The Labute approximate surface area is 112 Å². The summed E-state index contributed by atoms with van der Waals surface area (Å²) in [6.07, 6.45) is 0. The van der Waals surface area contributed by atoms with Gasteiger partial charge in [-0.15, -0.1) is 0 Å². The second-order valence-electron chi connectivity index (χ2n) is 4.80. The van der Waals surface area contributed by atoms with Crippen molar-refractivity contribution < 1.29 is 23.4 Å². The number of ether oxygens (including phenoxy) is 4. The lowest BCUT2D eigenvalue weighted by molar-refractivity contribution is -0.891. The van der Waals surface area contributed by atoms with Gasteiger partial charge in [-0.25, -0.2) is 0 Å². The number of likely N-dealkylation sites (N-methyl/N-ethyl adjacent to an activating group) is 1. The Hall–Kier alpha value is -0.200. The molecule has 0 amide bonds. The molecule has 0 aliphatic heterocycles. The van der Waals surface area contributed by atoms with E-state index in [4.69, 9.17) is 18.9 Å². The van der Waals surface area contributed by atoms with Crippen LogP contribution in [0.1, 0.15) is 6.92 Å². The standard InChI is InChI=1S/C13H30NO4/c1-5-16-12-13-18-9-7-14(2,3)6-8-17-11-10-15-4/h5-13H2,1-4H3/q+1. The van der Waals surface area contributed by atoms with Crippen molar-refractivity contribution >= 4 is 0 Å². The maximum Gasteiger partial charge on any atom is 0.102 e. The Morgan fingerprint density at radius 2 is 1.22 bits per heavy atom. The average molecular weight is 264 g/mol. The summed E-state index contributed by atoms with van der Waals surface area (Å²) < 4.78 is 22.0. The fourth-order valence-electron chi connectivity index (χ4n) is 1.34. The van der Waals surface area contributed by atoms with Crippen LogP contribution in [0.3, 0.4) is 0 Å². The highest BCUT2D eigenvalue weighted by molar-refractivity contribution is 4.37. The van der Waals surface area contributed by atoms with Gasteiger partial charge in [0, 0.05) is 13.7 Å². The van der Waals surface area contributed by atoms with Crippen molar-refractivity contribution in [3.8, 4) is 0 Å². The normalized spacial score (nSPS) is 12.0. The van der Waals surface area contributed by atoms with Gasteiger partial charge in [-0.2, -0.15) is 0 Å². The molecule has 0 aliphatic carbocycles. The van der Waals surface area contributed by atoms with E-state index in [0.717, 1.165) is 37.4 Å². The lowest BCUT2D eigenvalue weighted by Crippen LogP contribution is -2.44. The molecule has 0 aromatic rings. The van der Waals surface area contributed by atoms with E-state index in [9.17, 15) is 0 Å². The van der Waals surface area contributed by atoms with Crippen LogP contribution in [0.4, 0.5) is 0 Å². The molecule has 0 unspecified atom stereocenters. The van der Waals surface area contributed by atoms with E-state index < -0.39 is 0 Å². The summed E-state index contributed by atoms with van der Waals surface area (Å²) >= 11 is 0. The van der Waals surface area contributed by atoms with Gasteiger partial charge in [-0.3, -0.25) is 0 Å². The summed E-state index contributed by atoms with van der Waals surface area (Å²) in [5.41, 5.74) is 0. The van der Waals surface area contributed by atoms with E-state index in [0.29, 0.717) is 26.4 Å². The summed E-state index contributed by atoms with van der Waals surface area (Å²) in [7, 11) is 6.06. The maximum atomic E-state index is 5.52. The predicted octanol–water partition coefficient (Wildman–Crippen LogP) is 0.779. The number of hydrogen-bond donors (Lipinski definition) is 0. The molecule has 0 heterocycles. The third-order valence-electron chi connectivity index (χ3n) is 2.69. The topological polar surface area (TPSA) is 36.9 Å². The van der Waals surface area contributed by atoms with Crippen LogP contribution in [0, 0.1) is 0 Å². The first-order chi connectivity index (χ1) is 8.62. The Kier molecular flexibility index (Phi) is 11.7. The number of rotatable bonds is 13. The number of methoxy groups -OCH3 is 1. The van der Waals surface area contributed by atoms with Gasteiger partial charge in [-0.1, -0.05) is 0 Å². The van der Waals surface area contributed by atoms with Gasteiger partial charge in [0.15, 0.2) is 0 Å². The third-order valence-corrected chi connectivity index (χ3v) is 2.69. The van der Waals surface area contributed by atoms with E-state index in [1.165, 1.54) is 0 Å². The van der Waals surface area contributed by atoms with Crippen LogP contribution < -0.4 is 0 Å². The molecule has 0 radical (unpaired) electrons. The quantitative estimate of drug-likeness (QED) is 0.364. The molecule has 0 aromatic heterocycles. The van der Waals surface area contributed by atoms with Crippen LogP contribution in [0.15, 0.2) is 0 Å². The molecule has 110 valence electrons. The molecule has 0 fully saturated rings.